The lowest BCUT2D eigenvalue weighted by molar-refractivity contribution is -0.131. The van der Waals surface area contributed by atoms with Crippen molar-refractivity contribution < 1.29 is 14.6 Å². The van der Waals surface area contributed by atoms with E-state index in [9.17, 15) is 9.90 Å². The van der Waals surface area contributed by atoms with E-state index in [-0.39, 0.29) is 6.10 Å². The molecule has 0 aliphatic carbocycles. The monoisotopic (exact) mass is 233 g/mol. The fourth-order valence-electron chi connectivity index (χ4n) is 1.40. The molecule has 0 spiro atoms. The van der Waals surface area contributed by atoms with Crippen molar-refractivity contribution in [3.05, 3.63) is 55.2 Å². The van der Waals surface area contributed by atoms with Gasteiger partial charge in [-0.05, 0) is 25.8 Å². The molecule has 0 heterocycles. The highest BCUT2D eigenvalue weighted by molar-refractivity contribution is 5.38. The maximum absolute atomic E-state index is 10.2. The number of hydrogen-bond acceptors (Lipinski definition) is 3. The summed E-state index contributed by atoms with van der Waals surface area (Å²) in [6.07, 6.45) is 4.76. The van der Waals surface area contributed by atoms with Crippen LogP contribution in [-0.2, 0) is 15.1 Å². The highest BCUT2D eigenvalue weighted by Gasteiger charge is 2.22. The molecule has 0 fully saturated rings. The van der Waals surface area contributed by atoms with Gasteiger partial charge in [-0.1, -0.05) is 30.3 Å². The molecule has 0 unspecified atom stereocenters. The van der Waals surface area contributed by atoms with Crippen molar-refractivity contribution >= 4 is 6.47 Å². The standard InChI is InChI=1S/C14H17O3/c1-12(17-11-15)7-6-10-14(2,16)13-8-4-3-5-9-13/h3-12,16H,1-2H3/t12-,14+/m0/s1. The topological polar surface area (TPSA) is 46.5 Å². The second kappa shape index (κ2) is 6.40. The molecule has 0 bridgehead atoms. The zero-order valence-electron chi connectivity index (χ0n) is 10.0. The molecule has 0 amide bonds. The first-order valence-electron chi connectivity index (χ1n) is 5.46. The van der Waals surface area contributed by atoms with Crippen LogP contribution in [0.15, 0.2) is 30.3 Å². The van der Waals surface area contributed by atoms with Crippen LogP contribution in [0.4, 0.5) is 0 Å². The molecule has 91 valence electrons. The molecule has 0 aliphatic rings. The summed E-state index contributed by atoms with van der Waals surface area (Å²) in [5.74, 6) is 0. The van der Waals surface area contributed by atoms with Crippen LogP contribution in [0, 0.1) is 19.3 Å². The van der Waals surface area contributed by atoms with Crippen LogP contribution < -0.4 is 0 Å². The summed E-state index contributed by atoms with van der Waals surface area (Å²) in [7, 11) is 0. The summed E-state index contributed by atoms with van der Waals surface area (Å²) in [5, 5.41) is 10.2. The van der Waals surface area contributed by atoms with Gasteiger partial charge in [0, 0.05) is 12.8 Å². The molecule has 1 rings (SSSR count). The van der Waals surface area contributed by atoms with Gasteiger partial charge in [0.25, 0.3) is 6.47 Å². The lowest BCUT2D eigenvalue weighted by atomic mass is 9.90. The number of ether oxygens (including phenoxy) is 1. The average Bonchev–Trinajstić information content (AvgIpc) is 2.30. The Kier molecular flexibility index (Phi) is 5.16. The highest BCUT2D eigenvalue weighted by Crippen LogP contribution is 2.25. The van der Waals surface area contributed by atoms with E-state index >= 15 is 0 Å². The molecule has 0 aliphatic heterocycles. The zero-order valence-corrected chi connectivity index (χ0v) is 10.0. The third kappa shape index (κ3) is 4.57. The van der Waals surface area contributed by atoms with Crippen molar-refractivity contribution in [2.75, 3.05) is 0 Å². The van der Waals surface area contributed by atoms with Gasteiger partial charge in [-0.25, -0.2) is 0 Å². The minimum absolute atomic E-state index is 0.296. The number of aliphatic hydroxyl groups is 1. The summed E-state index contributed by atoms with van der Waals surface area (Å²) < 4.78 is 4.69. The Morgan fingerprint density at radius 3 is 2.59 bits per heavy atom. The molecule has 0 saturated carbocycles. The Morgan fingerprint density at radius 1 is 1.35 bits per heavy atom. The van der Waals surface area contributed by atoms with Crippen molar-refractivity contribution in [1.29, 1.82) is 0 Å². The predicted molar refractivity (Wildman–Crippen MR) is 65.5 cm³/mol. The molecule has 1 aromatic carbocycles. The van der Waals surface area contributed by atoms with Gasteiger partial charge in [0.15, 0.2) is 0 Å². The maximum Gasteiger partial charge on any atom is 0.293 e. The molecular formula is C14H17O3. The number of hydrogen-bond donors (Lipinski definition) is 1. The van der Waals surface area contributed by atoms with Gasteiger partial charge < -0.3 is 9.84 Å². The average molecular weight is 233 g/mol. The largest absolute Gasteiger partial charge is 0.465 e. The van der Waals surface area contributed by atoms with E-state index in [4.69, 9.17) is 4.74 Å². The van der Waals surface area contributed by atoms with Crippen LogP contribution in [0.1, 0.15) is 19.4 Å². The Hall–Kier alpha value is -1.35. The third-order valence-electron chi connectivity index (χ3n) is 2.43. The number of rotatable bonds is 7. The van der Waals surface area contributed by atoms with E-state index < -0.39 is 5.60 Å². The van der Waals surface area contributed by atoms with Gasteiger partial charge in [-0.3, -0.25) is 4.79 Å². The summed E-state index contributed by atoms with van der Waals surface area (Å²) in [6.45, 7) is 3.86. The van der Waals surface area contributed by atoms with Gasteiger partial charge in [0.05, 0.1) is 5.60 Å². The second-order valence-corrected chi connectivity index (χ2v) is 4.00. The molecule has 1 aromatic rings. The highest BCUT2D eigenvalue weighted by atomic mass is 16.5. The molecule has 0 saturated heterocycles. The van der Waals surface area contributed by atoms with Crippen LogP contribution in [0.3, 0.4) is 0 Å². The van der Waals surface area contributed by atoms with Crippen LogP contribution in [-0.4, -0.2) is 17.7 Å². The second-order valence-electron chi connectivity index (χ2n) is 4.00. The van der Waals surface area contributed by atoms with Crippen LogP contribution in [0.2, 0.25) is 0 Å². The molecular weight excluding hydrogens is 216 g/mol. The van der Waals surface area contributed by atoms with Gasteiger partial charge >= 0.3 is 0 Å². The third-order valence-corrected chi connectivity index (χ3v) is 2.43. The predicted octanol–water partition coefficient (Wildman–Crippen LogP) is 2.07. The summed E-state index contributed by atoms with van der Waals surface area (Å²) in [5.41, 5.74) is -0.216. The lowest BCUT2D eigenvalue weighted by Gasteiger charge is -2.23. The Bertz CT molecular complexity index is 333. The van der Waals surface area contributed by atoms with Crippen LogP contribution in [0.25, 0.3) is 0 Å². The van der Waals surface area contributed by atoms with Gasteiger partial charge in [0.1, 0.15) is 6.10 Å². The Labute approximate surface area is 102 Å². The fourth-order valence-corrected chi connectivity index (χ4v) is 1.40. The lowest BCUT2D eigenvalue weighted by Crippen LogP contribution is -2.23. The molecule has 1 N–H and O–H groups in total. The Balaban J connectivity index is 2.42. The number of carbonyl (C=O) groups is 1. The SMILES string of the molecule is C[C@@H]([CH][CH][CH][C@@](C)(O)c1ccccc1)OC=O. The quantitative estimate of drug-likeness (QED) is 0.733. The van der Waals surface area contributed by atoms with Crippen molar-refractivity contribution in [1.82, 2.24) is 0 Å². The van der Waals surface area contributed by atoms with Crippen molar-refractivity contribution in [3.63, 3.8) is 0 Å². The van der Waals surface area contributed by atoms with Crippen molar-refractivity contribution in [2.45, 2.75) is 25.6 Å². The first-order valence-corrected chi connectivity index (χ1v) is 5.46. The minimum Gasteiger partial charge on any atom is -0.465 e. The molecule has 0 aromatic heterocycles. The van der Waals surface area contributed by atoms with Crippen molar-refractivity contribution in [3.8, 4) is 0 Å². The van der Waals surface area contributed by atoms with Gasteiger partial charge in [0.2, 0.25) is 0 Å². The van der Waals surface area contributed by atoms with Gasteiger partial charge in [-0.15, -0.1) is 0 Å². The molecule has 2 atom stereocenters. The van der Waals surface area contributed by atoms with E-state index in [2.05, 4.69) is 0 Å². The van der Waals surface area contributed by atoms with Crippen LogP contribution >= 0.6 is 0 Å². The molecule has 3 heteroatoms. The van der Waals surface area contributed by atoms with Crippen LogP contribution in [0.5, 0.6) is 0 Å². The first kappa shape index (κ1) is 13.7. The minimum atomic E-state index is -1.03. The smallest absolute Gasteiger partial charge is 0.293 e. The summed E-state index contributed by atoms with van der Waals surface area (Å²) >= 11 is 0. The van der Waals surface area contributed by atoms with E-state index in [1.807, 2.05) is 30.3 Å². The Morgan fingerprint density at radius 2 is 2.00 bits per heavy atom. The molecule has 3 nitrogen and oxygen atoms in total. The maximum atomic E-state index is 10.2. The normalized spacial score (nSPS) is 15.9. The summed E-state index contributed by atoms with van der Waals surface area (Å²) in [6, 6.07) is 9.36. The van der Waals surface area contributed by atoms with E-state index in [1.165, 1.54) is 0 Å². The number of benzene rings is 1. The molecule has 3 radical (unpaired) electrons. The van der Waals surface area contributed by atoms with E-state index in [0.29, 0.717) is 6.47 Å². The van der Waals surface area contributed by atoms with E-state index in [0.717, 1.165) is 5.56 Å². The first-order chi connectivity index (χ1) is 8.06. The van der Waals surface area contributed by atoms with E-state index in [1.54, 1.807) is 33.1 Å². The van der Waals surface area contributed by atoms with Crippen molar-refractivity contribution in [2.24, 2.45) is 0 Å². The number of carbonyl (C=O) groups excluding carboxylic acids is 1. The zero-order chi connectivity index (χ0) is 12.7. The van der Waals surface area contributed by atoms with Gasteiger partial charge in [-0.2, -0.15) is 0 Å². The molecule has 17 heavy (non-hydrogen) atoms. The fraction of sp³-hybridized carbons (Fsp3) is 0.286. The summed E-state index contributed by atoms with van der Waals surface area (Å²) in [4.78, 5) is 10.1.